The monoisotopic (exact) mass is 370 g/mol. The first-order chi connectivity index (χ1) is 12.4. The number of rotatable bonds is 4. The van der Waals surface area contributed by atoms with Crippen molar-refractivity contribution in [3.05, 3.63) is 53.4 Å². The van der Waals surface area contributed by atoms with E-state index in [9.17, 15) is 5.11 Å². The average Bonchev–Trinajstić information content (AvgIpc) is 3.15. The summed E-state index contributed by atoms with van der Waals surface area (Å²) in [6.07, 6.45) is 5.36. The first kappa shape index (κ1) is 17.3. The fourth-order valence-corrected chi connectivity index (χ4v) is 3.96. The minimum absolute atomic E-state index is 0.261. The normalized spacial score (nSPS) is 25.7. The topological polar surface area (TPSA) is 63.0 Å². The third-order valence-electron chi connectivity index (χ3n) is 5.61. The zero-order valence-electron chi connectivity index (χ0n) is 15.0. The predicted octanol–water partition coefficient (Wildman–Crippen LogP) is 4.42. The highest BCUT2D eigenvalue weighted by Crippen LogP contribution is 2.43. The van der Waals surface area contributed by atoms with E-state index in [0.29, 0.717) is 6.54 Å². The van der Waals surface area contributed by atoms with Crippen molar-refractivity contribution in [3.8, 4) is 0 Å². The van der Waals surface area contributed by atoms with Crippen molar-refractivity contribution in [1.29, 1.82) is 0 Å². The Morgan fingerprint density at radius 2 is 2.04 bits per heavy atom. The van der Waals surface area contributed by atoms with Crippen molar-refractivity contribution in [1.82, 2.24) is 14.5 Å². The van der Waals surface area contributed by atoms with Gasteiger partial charge in [-0.2, -0.15) is 0 Å². The van der Waals surface area contributed by atoms with Crippen LogP contribution in [-0.2, 0) is 6.54 Å². The Balaban J connectivity index is 1.58. The molecule has 1 saturated carbocycles. The van der Waals surface area contributed by atoms with E-state index in [2.05, 4.69) is 39.0 Å². The summed E-state index contributed by atoms with van der Waals surface area (Å²) in [5.74, 6) is 1.09. The van der Waals surface area contributed by atoms with Crippen molar-refractivity contribution in [2.24, 2.45) is 5.92 Å². The van der Waals surface area contributed by atoms with Crippen LogP contribution in [0.2, 0.25) is 5.02 Å². The number of hydrogen-bond donors (Lipinski definition) is 2. The van der Waals surface area contributed by atoms with Crippen LogP contribution in [0, 0.1) is 5.92 Å². The molecule has 0 aliphatic heterocycles. The minimum Gasteiger partial charge on any atom is -0.390 e. The highest BCUT2D eigenvalue weighted by atomic mass is 35.5. The Bertz CT molecular complexity index is 919. The molecule has 0 radical (unpaired) electrons. The summed E-state index contributed by atoms with van der Waals surface area (Å²) in [4.78, 5) is 8.91. The third-order valence-corrected chi connectivity index (χ3v) is 5.86. The fraction of sp³-hybridized carbons (Fsp3) is 0.400. The molecule has 0 unspecified atom stereocenters. The number of hydrogen-bond acceptors (Lipinski definition) is 4. The summed E-state index contributed by atoms with van der Waals surface area (Å²) in [5.41, 5.74) is 1.43. The van der Waals surface area contributed by atoms with Crippen LogP contribution in [0.25, 0.3) is 11.0 Å². The molecule has 2 N–H and O–H groups in total. The van der Waals surface area contributed by atoms with E-state index in [1.54, 1.807) is 6.33 Å². The second-order valence-corrected chi connectivity index (χ2v) is 7.95. The number of aromatic nitrogens is 3. The molecular formula is C20H23ClN4O. The molecular weight excluding hydrogens is 348 g/mol. The number of nitrogens with zero attached hydrogens (tertiary/aromatic N) is 3. The highest BCUT2D eigenvalue weighted by molar-refractivity contribution is 6.30. The van der Waals surface area contributed by atoms with Crippen LogP contribution in [0.4, 0.5) is 5.82 Å². The van der Waals surface area contributed by atoms with E-state index < -0.39 is 5.60 Å². The molecule has 0 saturated heterocycles. The lowest BCUT2D eigenvalue weighted by Gasteiger charge is -2.21. The van der Waals surface area contributed by atoms with Gasteiger partial charge >= 0.3 is 0 Å². The molecule has 3 aromatic rings. The number of aliphatic hydroxyl groups is 1. The van der Waals surface area contributed by atoms with Crippen LogP contribution in [0.3, 0.4) is 0 Å². The third kappa shape index (κ3) is 3.17. The van der Waals surface area contributed by atoms with Gasteiger partial charge in [-0.15, -0.1) is 0 Å². The SMILES string of the molecule is C[C@H]1C[C@@H](n2ccc3c(NCc4ccc(Cl)cc4)ncnc32)C[C@]1(C)O. The zero-order chi connectivity index (χ0) is 18.3. The lowest BCUT2D eigenvalue weighted by molar-refractivity contribution is 0.0266. The summed E-state index contributed by atoms with van der Waals surface area (Å²) >= 11 is 5.94. The standard InChI is InChI=1S/C20H23ClN4O/c1-13-9-16(10-20(13,2)26)25-8-7-17-18(23-12-24-19(17)25)22-11-14-3-5-15(21)6-4-14/h3-8,12-13,16,26H,9-11H2,1-2H3,(H,22,23,24)/t13-,16+,20-/m0/s1. The Morgan fingerprint density at radius 1 is 1.27 bits per heavy atom. The maximum absolute atomic E-state index is 10.5. The van der Waals surface area contributed by atoms with E-state index >= 15 is 0 Å². The maximum atomic E-state index is 10.5. The van der Waals surface area contributed by atoms with Crippen molar-refractivity contribution in [2.75, 3.05) is 5.32 Å². The van der Waals surface area contributed by atoms with Crippen molar-refractivity contribution < 1.29 is 5.11 Å². The molecule has 1 fully saturated rings. The molecule has 2 heterocycles. The lowest BCUT2D eigenvalue weighted by atomic mass is 9.95. The molecule has 2 aromatic heterocycles. The van der Waals surface area contributed by atoms with Crippen LogP contribution >= 0.6 is 11.6 Å². The minimum atomic E-state index is -0.621. The van der Waals surface area contributed by atoms with Crippen LogP contribution in [0.15, 0.2) is 42.9 Å². The molecule has 136 valence electrons. The van der Waals surface area contributed by atoms with E-state index in [-0.39, 0.29) is 12.0 Å². The van der Waals surface area contributed by atoms with Crippen LogP contribution in [0.1, 0.15) is 38.3 Å². The van der Waals surface area contributed by atoms with Gasteiger partial charge in [0.1, 0.15) is 17.8 Å². The van der Waals surface area contributed by atoms with Gasteiger partial charge in [0.2, 0.25) is 0 Å². The molecule has 1 aromatic carbocycles. The van der Waals surface area contributed by atoms with Gasteiger partial charge in [0.15, 0.2) is 0 Å². The van der Waals surface area contributed by atoms with Gasteiger partial charge in [0.25, 0.3) is 0 Å². The van der Waals surface area contributed by atoms with Gasteiger partial charge < -0.3 is 15.0 Å². The lowest BCUT2D eigenvalue weighted by Crippen LogP contribution is -2.26. The molecule has 1 aliphatic carbocycles. The molecule has 0 spiro atoms. The first-order valence-corrected chi connectivity index (χ1v) is 9.34. The number of anilines is 1. The van der Waals surface area contributed by atoms with E-state index in [4.69, 9.17) is 11.6 Å². The number of nitrogens with one attached hydrogen (secondary N) is 1. The molecule has 6 heteroatoms. The van der Waals surface area contributed by atoms with Crippen molar-refractivity contribution in [3.63, 3.8) is 0 Å². The second-order valence-electron chi connectivity index (χ2n) is 7.51. The Kier molecular flexibility index (Phi) is 4.37. The average molecular weight is 371 g/mol. The van der Waals surface area contributed by atoms with Gasteiger partial charge in [-0.3, -0.25) is 0 Å². The van der Waals surface area contributed by atoms with Crippen LogP contribution in [-0.4, -0.2) is 25.2 Å². The molecule has 3 atom stereocenters. The van der Waals surface area contributed by atoms with E-state index in [0.717, 1.165) is 40.3 Å². The summed E-state index contributed by atoms with van der Waals surface area (Å²) in [7, 11) is 0. The molecule has 5 nitrogen and oxygen atoms in total. The molecule has 0 amide bonds. The van der Waals surface area contributed by atoms with Crippen LogP contribution in [0.5, 0.6) is 0 Å². The summed E-state index contributed by atoms with van der Waals surface area (Å²) in [6.45, 7) is 4.71. The second kappa shape index (κ2) is 6.56. The first-order valence-electron chi connectivity index (χ1n) is 8.96. The summed E-state index contributed by atoms with van der Waals surface area (Å²) in [5, 5.41) is 15.7. The largest absolute Gasteiger partial charge is 0.390 e. The van der Waals surface area contributed by atoms with Crippen molar-refractivity contribution in [2.45, 2.75) is 44.9 Å². The molecule has 1 aliphatic rings. The molecule has 4 rings (SSSR count). The zero-order valence-corrected chi connectivity index (χ0v) is 15.7. The number of halogens is 1. The quantitative estimate of drug-likeness (QED) is 0.713. The Labute approximate surface area is 158 Å². The van der Waals surface area contributed by atoms with Gasteiger partial charge in [-0.25, -0.2) is 9.97 Å². The molecule has 26 heavy (non-hydrogen) atoms. The maximum Gasteiger partial charge on any atom is 0.145 e. The number of fused-ring (bicyclic) bond motifs is 1. The summed E-state index contributed by atoms with van der Waals surface area (Å²) in [6, 6.07) is 10.1. The number of benzene rings is 1. The van der Waals surface area contributed by atoms with Gasteiger partial charge in [-0.05, 0) is 49.4 Å². The highest BCUT2D eigenvalue weighted by Gasteiger charge is 2.40. The summed E-state index contributed by atoms with van der Waals surface area (Å²) < 4.78 is 2.18. The van der Waals surface area contributed by atoms with E-state index in [1.165, 1.54) is 0 Å². The predicted molar refractivity (Wildman–Crippen MR) is 104 cm³/mol. The van der Waals surface area contributed by atoms with Gasteiger partial charge in [0.05, 0.1) is 11.0 Å². The fourth-order valence-electron chi connectivity index (χ4n) is 3.83. The van der Waals surface area contributed by atoms with Crippen molar-refractivity contribution >= 4 is 28.5 Å². The van der Waals surface area contributed by atoms with E-state index in [1.807, 2.05) is 31.2 Å². The Morgan fingerprint density at radius 3 is 2.73 bits per heavy atom. The van der Waals surface area contributed by atoms with Crippen LogP contribution < -0.4 is 5.32 Å². The molecule has 0 bridgehead atoms. The smallest absolute Gasteiger partial charge is 0.145 e. The Hall–Kier alpha value is -2.11. The van der Waals surface area contributed by atoms with Gasteiger partial charge in [-0.1, -0.05) is 30.7 Å². The van der Waals surface area contributed by atoms with Gasteiger partial charge in [0, 0.05) is 23.8 Å².